The largest absolute Gasteiger partial charge is 0.325 e. The summed E-state index contributed by atoms with van der Waals surface area (Å²) < 4.78 is 2.86. The van der Waals surface area contributed by atoms with Gasteiger partial charge < -0.3 is 10.3 Å². The second-order valence-electron chi connectivity index (χ2n) is 1.76. The third-order valence-electron chi connectivity index (χ3n) is 1.21. The molecule has 1 aromatic heterocycles. The van der Waals surface area contributed by atoms with Gasteiger partial charge in [0.05, 0.1) is 12.7 Å². The zero-order valence-corrected chi connectivity index (χ0v) is 9.17. The molecule has 6 heteroatoms. The molecule has 3 nitrogen and oxygen atoms in total. The number of hydrogen-bond acceptors (Lipinski definition) is 2. The van der Waals surface area contributed by atoms with Crippen molar-refractivity contribution in [2.24, 2.45) is 12.8 Å². The van der Waals surface area contributed by atoms with Crippen LogP contribution in [-0.2, 0) is 13.6 Å². The molecule has 1 aromatic rings. The van der Waals surface area contributed by atoms with E-state index in [1.54, 1.807) is 6.20 Å². The summed E-state index contributed by atoms with van der Waals surface area (Å²) in [5, 5.41) is 0. The standard InChI is InChI=1S/C5H8BrN3.2ClH/c1-9-4(6)3-8-5(9)2-7;;/h3H,2,7H2,1H3;2*1H. The van der Waals surface area contributed by atoms with E-state index in [9.17, 15) is 0 Å². The molecule has 0 atom stereocenters. The second-order valence-corrected chi connectivity index (χ2v) is 2.57. The number of nitrogens with zero attached hydrogens (tertiary/aromatic N) is 2. The summed E-state index contributed by atoms with van der Waals surface area (Å²) >= 11 is 3.30. The van der Waals surface area contributed by atoms with Crippen LogP contribution < -0.4 is 5.73 Å². The van der Waals surface area contributed by atoms with Gasteiger partial charge in [0.1, 0.15) is 10.4 Å². The van der Waals surface area contributed by atoms with Crippen LogP contribution in [0.5, 0.6) is 0 Å². The number of rotatable bonds is 1. The first kappa shape index (κ1) is 13.8. The lowest BCUT2D eigenvalue weighted by Gasteiger charge is -1.96. The van der Waals surface area contributed by atoms with E-state index in [4.69, 9.17) is 5.73 Å². The molecule has 66 valence electrons. The summed E-state index contributed by atoms with van der Waals surface area (Å²) in [5.41, 5.74) is 5.36. The molecule has 1 rings (SSSR count). The molecule has 0 fully saturated rings. The van der Waals surface area contributed by atoms with E-state index < -0.39 is 0 Å². The van der Waals surface area contributed by atoms with Crippen molar-refractivity contribution in [3.05, 3.63) is 16.6 Å². The normalized spacial score (nSPS) is 8.27. The number of hydrogen-bond donors (Lipinski definition) is 1. The van der Waals surface area contributed by atoms with E-state index >= 15 is 0 Å². The average molecular weight is 263 g/mol. The quantitative estimate of drug-likeness (QED) is 0.834. The van der Waals surface area contributed by atoms with E-state index in [2.05, 4.69) is 20.9 Å². The Kier molecular flexibility index (Phi) is 7.31. The minimum absolute atomic E-state index is 0. The van der Waals surface area contributed by atoms with Crippen molar-refractivity contribution in [2.45, 2.75) is 6.54 Å². The van der Waals surface area contributed by atoms with E-state index in [-0.39, 0.29) is 24.8 Å². The van der Waals surface area contributed by atoms with E-state index in [1.165, 1.54) is 0 Å². The second kappa shape index (κ2) is 5.83. The molecule has 11 heavy (non-hydrogen) atoms. The van der Waals surface area contributed by atoms with Gasteiger partial charge in [0.25, 0.3) is 0 Å². The van der Waals surface area contributed by atoms with Gasteiger partial charge in [0, 0.05) is 7.05 Å². The first-order valence-corrected chi connectivity index (χ1v) is 3.41. The zero-order valence-electron chi connectivity index (χ0n) is 5.95. The van der Waals surface area contributed by atoms with Crippen LogP contribution in [-0.4, -0.2) is 9.55 Å². The first-order chi connectivity index (χ1) is 4.25. The molecule has 0 aliphatic rings. The molecule has 0 spiro atoms. The average Bonchev–Trinajstić information content (AvgIpc) is 2.15. The Labute approximate surface area is 86.3 Å². The Hall–Kier alpha value is 0.230. The third kappa shape index (κ3) is 2.99. The number of halogens is 3. The smallest absolute Gasteiger partial charge is 0.123 e. The minimum Gasteiger partial charge on any atom is -0.325 e. The molecule has 0 aliphatic carbocycles. The van der Waals surface area contributed by atoms with Crippen LogP contribution in [0.25, 0.3) is 0 Å². The van der Waals surface area contributed by atoms with Gasteiger partial charge in [-0.3, -0.25) is 0 Å². The topological polar surface area (TPSA) is 43.8 Å². The molecule has 1 heterocycles. The Morgan fingerprint density at radius 3 is 2.36 bits per heavy atom. The third-order valence-corrected chi connectivity index (χ3v) is 1.95. The molecular formula is C5H10BrCl2N3. The van der Waals surface area contributed by atoms with Gasteiger partial charge in [-0.25, -0.2) is 4.98 Å². The van der Waals surface area contributed by atoms with Crippen molar-refractivity contribution in [3.8, 4) is 0 Å². The summed E-state index contributed by atoms with van der Waals surface area (Å²) in [6.07, 6.45) is 1.74. The SMILES string of the molecule is Cl.Cl.Cn1c(Br)cnc1CN. The maximum absolute atomic E-state index is 5.36. The molecule has 0 saturated carbocycles. The highest BCUT2D eigenvalue weighted by Crippen LogP contribution is 2.08. The van der Waals surface area contributed by atoms with E-state index in [1.807, 2.05) is 11.6 Å². The van der Waals surface area contributed by atoms with Crippen LogP contribution in [0, 0.1) is 0 Å². The minimum atomic E-state index is 0. The molecule has 2 N–H and O–H groups in total. The van der Waals surface area contributed by atoms with Crippen LogP contribution in [0.1, 0.15) is 5.82 Å². The molecule has 0 unspecified atom stereocenters. The maximum Gasteiger partial charge on any atom is 0.123 e. The van der Waals surface area contributed by atoms with Crippen LogP contribution in [0.4, 0.5) is 0 Å². The van der Waals surface area contributed by atoms with Crippen molar-refractivity contribution in [1.29, 1.82) is 0 Å². The van der Waals surface area contributed by atoms with E-state index in [0.29, 0.717) is 6.54 Å². The molecule has 0 saturated heterocycles. The zero-order chi connectivity index (χ0) is 6.85. The Morgan fingerprint density at radius 1 is 1.64 bits per heavy atom. The summed E-state index contributed by atoms with van der Waals surface area (Å²) in [4.78, 5) is 4.02. The summed E-state index contributed by atoms with van der Waals surface area (Å²) in [5.74, 6) is 0.891. The van der Waals surface area contributed by atoms with Crippen LogP contribution in [0.15, 0.2) is 10.8 Å². The van der Waals surface area contributed by atoms with Crippen LogP contribution in [0.3, 0.4) is 0 Å². The first-order valence-electron chi connectivity index (χ1n) is 2.62. The Morgan fingerprint density at radius 2 is 2.18 bits per heavy atom. The predicted octanol–water partition coefficient (Wildman–Crippen LogP) is 1.48. The Bertz CT molecular complexity index is 213. The van der Waals surface area contributed by atoms with Gasteiger partial charge in [0.2, 0.25) is 0 Å². The molecule has 0 aromatic carbocycles. The molecular weight excluding hydrogens is 253 g/mol. The summed E-state index contributed by atoms with van der Waals surface area (Å²) in [6, 6.07) is 0. The fourth-order valence-electron chi connectivity index (χ4n) is 0.614. The van der Waals surface area contributed by atoms with Gasteiger partial charge in [-0.1, -0.05) is 0 Å². The summed E-state index contributed by atoms with van der Waals surface area (Å²) in [7, 11) is 1.92. The van der Waals surface area contributed by atoms with Gasteiger partial charge in [-0.05, 0) is 15.9 Å². The number of imidazole rings is 1. The van der Waals surface area contributed by atoms with E-state index in [0.717, 1.165) is 10.4 Å². The van der Waals surface area contributed by atoms with Gasteiger partial charge >= 0.3 is 0 Å². The van der Waals surface area contributed by atoms with Crippen molar-refractivity contribution in [2.75, 3.05) is 0 Å². The van der Waals surface area contributed by atoms with Crippen molar-refractivity contribution in [1.82, 2.24) is 9.55 Å². The fraction of sp³-hybridized carbons (Fsp3) is 0.400. The highest BCUT2D eigenvalue weighted by Gasteiger charge is 1.98. The fourth-order valence-corrected chi connectivity index (χ4v) is 0.921. The molecule has 0 aliphatic heterocycles. The lowest BCUT2D eigenvalue weighted by molar-refractivity contribution is 0.781. The van der Waals surface area contributed by atoms with Crippen molar-refractivity contribution >= 4 is 40.7 Å². The highest BCUT2D eigenvalue weighted by molar-refractivity contribution is 9.10. The molecule has 0 bridgehead atoms. The molecule has 0 radical (unpaired) electrons. The lowest BCUT2D eigenvalue weighted by Crippen LogP contribution is -2.04. The summed E-state index contributed by atoms with van der Waals surface area (Å²) in [6.45, 7) is 0.488. The van der Waals surface area contributed by atoms with Crippen molar-refractivity contribution in [3.63, 3.8) is 0 Å². The Balaban J connectivity index is 0. The van der Waals surface area contributed by atoms with Crippen LogP contribution >= 0.6 is 40.7 Å². The van der Waals surface area contributed by atoms with Crippen LogP contribution in [0.2, 0.25) is 0 Å². The lowest BCUT2D eigenvalue weighted by atomic mass is 10.6. The monoisotopic (exact) mass is 261 g/mol. The highest BCUT2D eigenvalue weighted by atomic mass is 79.9. The van der Waals surface area contributed by atoms with Gasteiger partial charge in [-0.2, -0.15) is 0 Å². The van der Waals surface area contributed by atoms with Gasteiger partial charge in [-0.15, -0.1) is 24.8 Å². The van der Waals surface area contributed by atoms with Gasteiger partial charge in [0.15, 0.2) is 0 Å². The number of nitrogens with two attached hydrogens (primary N) is 1. The maximum atomic E-state index is 5.36. The predicted molar refractivity (Wildman–Crippen MR) is 53.3 cm³/mol. The molecule has 0 amide bonds. The van der Waals surface area contributed by atoms with Crippen molar-refractivity contribution < 1.29 is 0 Å². The number of aromatic nitrogens is 2.